The van der Waals surface area contributed by atoms with Gasteiger partial charge in [-0.2, -0.15) is 0 Å². The number of fused-ring (bicyclic) bond motifs is 1. The van der Waals surface area contributed by atoms with Gasteiger partial charge in [0.05, 0.1) is 30.9 Å². The Bertz CT molecular complexity index is 1040. The van der Waals surface area contributed by atoms with Gasteiger partial charge in [-0.15, -0.1) is 0 Å². The fourth-order valence-electron chi connectivity index (χ4n) is 2.44. The van der Waals surface area contributed by atoms with E-state index >= 15 is 0 Å². The van der Waals surface area contributed by atoms with Crippen molar-refractivity contribution in [1.82, 2.24) is 9.97 Å². The van der Waals surface area contributed by atoms with E-state index in [1.165, 1.54) is 13.4 Å². The lowest BCUT2D eigenvalue weighted by Crippen LogP contribution is -2.14. The molecule has 1 aromatic heterocycles. The van der Waals surface area contributed by atoms with Gasteiger partial charge in [-0.1, -0.05) is 12.1 Å². The highest BCUT2D eigenvalue weighted by Gasteiger charge is 2.12. The van der Waals surface area contributed by atoms with Crippen LogP contribution in [-0.2, 0) is 15.8 Å². The molecule has 0 saturated heterocycles. The largest absolute Gasteiger partial charge is 0.493 e. The number of ether oxygens (including phenoxy) is 3. The summed E-state index contributed by atoms with van der Waals surface area (Å²) in [5.74, 6) is 1.69. The molecule has 0 aliphatic rings. The molecule has 136 valence electrons. The molecule has 0 amide bonds. The summed E-state index contributed by atoms with van der Waals surface area (Å²) in [4.78, 5) is 8.38. The molecule has 0 aliphatic carbocycles. The third kappa shape index (κ3) is 4.01. The van der Waals surface area contributed by atoms with Crippen molar-refractivity contribution in [2.75, 3.05) is 14.2 Å². The first-order valence-electron chi connectivity index (χ1n) is 7.53. The van der Waals surface area contributed by atoms with Crippen LogP contribution in [0, 0.1) is 0 Å². The maximum atomic E-state index is 11.1. The van der Waals surface area contributed by atoms with Gasteiger partial charge in [0.25, 0.3) is 0 Å². The molecular formula is C17H17N3O5S. The summed E-state index contributed by atoms with van der Waals surface area (Å²) in [6.07, 6.45) is 1.39. The fourth-order valence-corrected chi connectivity index (χ4v) is 3.10. The van der Waals surface area contributed by atoms with Crippen LogP contribution in [0.2, 0.25) is 0 Å². The first-order chi connectivity index (χ1) is 12.4. The number of nitrogens with zero attached hydrogens (tertiary/aromatic N) is 2. The number of hydrogen-bond acceptors (Lipinski definition) is 7. The first-order valence-corrected chi connectivity index (χ1v) is 9.25. The van der Waals surface area contributed by atoms with E-state index in [2.05, 4.69) is 9.97 Å². The number of methoxy groups -OCH3 is 2. The highest BCUT2D eigenvalue weighted by molar-refractivity contribution is 7.88. The van der Waals surface area contributed by atoms with Crippen LogP contribution in [0.1, 0.15) is 5.56 Å². The van der Waals surface area contributed by atoms with Gasteiger partial charge in [-0.3, -0.25) is 0 Å². The van der Waals surface area contributed by atoms with Gasteiger partial charge in [-0.25, -0.2) is 23.5 Å². The summed E-state index contributed by atoms with van der Waals surface area (Å²) < 4.78 is 38.7. The van der Waals surface area contributed by atoms with E-state index < -0.39 is 10.0 Å². The third-order valence-electron chi connectivity index (χ3n) is 3.61. The number of primary sulfonamides is 1. The minimum absolute atomic E-state index is 0.235. The van der Waals surface area contributed by atoms with Crippen LogP contribution in [0.5, 0.6) is 23.1 Å². The molecule has 26 heavy (non-hydrogen) atoms. The molecular weight excluding hydrogens is 358 g/mol. The predicted molar refractivity (Wildman–Crippen MR) is 96.0 cm³/mol. The molecule has 1 heterocycles. The number of rotatable bonds is 6. The van der Waals surface area contributed by atoms with Gasteiger partial charge in [0.15, 0.2) is 11.5 Å². The van der Waals surface area contributed by atoms with Crippen molar-refractivity contribution in [3.8, 4) is 23.1 Å². The minimum atomic E-state index is -3.58. The van der Waals surface area contributed by atoms with E-state index in [0.29, 0.717) is 39.6 Å². The van der Waals surface area contributed by atoms with Crippen molar-refractivity contribution >= 4 is 20.9 Å². The maximum absolute atomic E-state index is 11.1. The Labute approximate surface area is 150 Å². The zero-order valence-electron chi connectivity index (χ0n) is 14.2. The summed E-state index contributed by atoms with van der Waals surface area (Å²) >= 11 is 0. The van der Waals surface area contributed by atoms with Crippen LogP contribution in [0.4, 0.5) is 0 Å². The molecule has 0 saturated carbocycles. The van der Waals surface area contributed by atoms with Gasteiger partial charge >= 0.3 is 0 Å². The van der Waals surface area contributed by atoms with Crippen LogP contribution in [0.3, 0.4) is 0 Å². The van der Waals surface area contributed by atoms with Crippen LogP contribution >= 0.6 is 0 Å². The normalized spacial score (nSPS) is 11.3. The van der Waals surface area contributed by atoms with Crippen molar-refractivity contribution < 1.29 is 22.6 Å². The summed E-state index contributed by atoms with van der Waals surface area (Å²) in [6.45, 7) is 0. The Morgan fingerprint density at radius 1 is 1.00 bits per heavy atom. The molecule has 8 nitrogen and oxygen atoms in total. The lowest BCUT2D eigenvalue weighted by atomic mass is 10.2. The highest BCUT2D eigenvalue weighted by Crippen LogP contribution is 2.35. The standard InChI is InChI=1S/C17H17N3O5S/c1-23-15-7-13-14(8-16(15)24-2)19-10-20-17(13)25-12-5-3-11(4-6-12)9-26(18,21)22/h3-8,10H,9H2,1-2H3,(H2,18,21,22). The number of nitrogens with two attached hydrogens (primary N) is 1. The molecule has 3 rings (SSSR count). The van der Waals surface area contributed by atoms with Crippen LogP contribution in [0.25, 0.3) is 10.9 Å². The van der Waals surface area contributed by atoms with Gasteiger partial charge in [0.1, 0.15) is 12.1 Å². The molecule has 0 aliphatic heterocycles. The molecule has 0 bridgehead atoms. The van der Waals surface area contributed by atoms with Gasteiger partial charge in [0, 0.05) is 6.07 Å². The number of aromatic nitrogens is 2. The van der Waals surface area contributed by atoms with E-state index in [-0.39, 0.29) is 5.75 Å². The second-order valence-corrected chi connectivity index (χ2v) is 7.07. The van der Waals surface area contributed by atoms with E-state index in [9.17, 15) is 8.42 Å². The van der Waals surface area contributed by atoms with E-state index in [0.717, 1.165) is 0 Å². The molecule has 3 aromatic rings. The highest BCUT2D eigenvalue weighted by atomic mass is 32.2. The van der Waals surface area contributed by atoms with Crippen molar-refractivity contribution in [1.29, 1.82) is 0 Å². The van der Waals surface area contributed by atoms with Gasteiger partial charge in [0.2, 0.25) is 15.9 Å². The van der Waals surface area contributed by atoms with E-state index in [4.69, 9.17) is 19.3 Å². The Hall–Kier alpha value is -2.91. The average Bonchev–Trinajstić information content (AvgIpc) is 2.61. The van der Waals surface area contributed by atoms with Gasteiger partial charge in [-0.05, 0) is 23.8 Å². The summed E-state index contributed by atoms with van der Waals surface area (Å²) in [5.41, 5.74) is 1.21. The topological polar surface area (TPSA) is 114 Å². The molecule has 2 N–H and O–H groups in total. The van der Waals surface area contributed by atoms with Crippen molar-refractivity contribution in [3.63, 3.8) is 0 Å². The summed E-state index contributed by atoms with van der Waals surface area (Å²) in [6, 6.07) is 10.0. The maximum Gasteiger partial charge on any atom is 0.230 e. The third-order valence-corrected chi connectivity index (χ3v) is 4.35. The van der Waals surface area contributed by atoms with E-state index in [1.807, 2.05) is 0 Å². The zero-order valence-corrected chi connectivity index (χ0v) is 15.0. The second kappa shape index (κ2) is 7.14. The molecule has 0 spiro atoms. The average molecular weight is 375 g/mol. The molecule has 9 heteroatoms. The second-order valence-electron chi connectivity index (χ2n) is 5.46. The van der Waals surface area contributed by atoms with Crippen LogP contribution in [0.15, 0.2) is 42.7 Å². The number of benzene rings is 2. The minimum Gasteiger partial charge on any atom is -0.493 e. The van der Waals surface area contributed by atoms with Crippen molar-refractivity contribution in [2.45, 2.75) is 5.75 Å². The first kappa shape index (κ1) is 17.9. The molecule has 0 atom stereocenters. The molecule has 0 fully saturated rings. The van der Waals surface area contributed by atoms with Gasteiger partial charge < -0.3 is 14.2 Å². The lowest BCUT2D eigenvalue weighted by Gasteiger charge is -2.11. The predicted octanol–water partition coefficient (Wildman–Crippen LogP) is 2.23. The smallest absolute Gasteiger partial charge is 0.230 e. The monoisotopic (exact) mass is 375 g/mol. The Kier molecular flexibility index (Phi) is 4.92. The van der Waals surface area contributed by atoms with Crippen molar-refractivity contribution in [3.05, 3.63) is 48.3 Å². The Morgan fingerprint density at radius 3 is 2.27 bits per heavy atom. The van der Waals surface area contributed by atoms with Crippen LogP contribution in [-0.4, -0.2) is 32.6 Å². The fraction of sp³-hybridized carbons (Fsp3) is 0.176. The quantitative estimate of drug-likeness (QED) is 0.702. The molecule has 0 radical (unpaired) electrons. The SMILES string of the molecule is COc1cc2ncnc(Oc3ccc(CS(N)(=O)=O)cc3)c2cc1OC. The zero-order chi connectivity index (χ0) is 18.7. The lowest BCUT2D eigenvalue weighted by molar-refractivity contribution is 0.355. The number of sulfonamides is 1. The van der Waals surface area contributed by atoms with Crippen LogP contribution < -0.4 is 19.3 Å². The molecule has 0 unspecified atom stereocenters. The summed E-state index contributed by atoms with van der Waals surface area (Å²) in [5, 5.41) is 5.70. The van der Waals surface area contributed by atoms with E-state index in [1.54, 1.807) is 43.5 Å². The Morgan fingerprint density at radius 2 is 1.65 bits per heavy atom. The van der Waals surface area contributed by atoms with Crippen molar-refractivity contribution in [2.24, 2.45) is 5.14 Å². The Balaban J connectivity index is 1.93. The molecule has 2 aromatic carbocycles. The summed E-state index contributed by atoms with van der Waals surface area (Å²) in [7, 11) is -0.492. The number of hydrogen-bond donors (Lipinski definition) is 1.